The minimum Gasteiger partial charge on any atom is -0.476 e. The van der Waals surface area contributed by atoms with Gasteiger partial charge in [0.25, 0.3) is 15.9 Å². The summed E-state index contributed by atoms with van der Waals surface area (Å²) in [5.41, 5.74) is -0.369. The first kappa shape index (κ1) is 29.1. The maximum atomic E-state index is 13.5. The Hall–Kier alpha value is -3.41. The van der Waals surface area contributed by atoms with Crippen LogP contribution in [0.3, 0.4) is 0 Å². The summed E-state index contributed by atoms with van der Waals surface area (Å²) >= 11 is 0. The normalized spacial score (nSPS) is 25.4. The second-order valence-electron chi connectivity index (χ2n) is 12.5. The Labute approximate surface area is 242 Å². The van der Waals surface area contributed by atoms with E-state index in [2.05, 4.69) is 40.8 Å². The lowest BCUT2D eigenvalue weighted by molar-refractivity contribution is 0.0982. The van der Waals surface area contributed by atoms with E-state index in [1.165, 1.54) is 45.9 Å². The molecular weight excluding hydrogens is 542 g/mol. The van der Waals surface area contributed by atoms with Crippen molar-refractivity contribution < 1.29 is 17.9 Å². The van der Waals surface area contributed by atoms with Crippen LogP contribution in [0.4, 0.5) is 5.82 Å². The third-order valence-corrected chi connectivity index (χ3v) is 10.2. The molecule has 11 nitrogen and oxygen atoms in total. The summed E-state index contributed by atoms with van der Waals surface area (Å²) in [5.74, 6) is 3.18. The highest BCUT2D eigenvalue weighted by Gasteiger charge is 2.41. The summed E-state index contributed by atoms with van der Waals surface area (Å²) in [7, 11) is -2.76. The molecule has 12 heteroatoms. The number of aromatic nitrogens is 3. The van der Waals surface area contributed by atoms with E-state index in [1.807, 2.05) is 6.07 Å². The third kappa shape index (κ3) is 5.98. The number of allylic oxidation sites excluding steroid dienone is 1. The molecule has 0 spiro atoms. The minimum absolute atomic E-state index is 0.130. The molecule has 3 fully saturated rings. The zero-order chi connectivity index (χ0) is 29.5. The molecule has 0 aromatic carbocycles. The van der Waals surface area contributed by atoms with Gasteiger partial charge in [0, 0.05) is 37.6 Å². The van der Waals surface area contributed by atoms with Gasteiger partial charge < -0.3 is 20.4 Å². The lowest BCUT2D eigenvalue weighted by atomic mass is 9.90. The van der Waals surface area contributed by atoms with Crippen molar-refractivity contribution >= 4 is 27.5 Å². The Morgan fingerprint density at radius 3 is 2.63 bits per heavy atom. The summed E-state index contributed by atoms with van der Waals surface area (Å²) in [6, 6.07) is 5.05. The van der Waals surface area contributed by atoms with Gasteiger partial charge in [0.15, 0.2) is 5.82 Å². The zero-order valence-electron chi connectivity index (χ0n) is 24.5. The first-order valence-corrected chi connectivity index (χ1v) is 15.8. The van der Waals surface area contributed by atoms with Crippen LogP contribution in [0.5, 0.6) is 5.88 Å². The Kier molecular flexibility index (Phi) is 7.88. The molecule has 0 radical (unpaired) electrons. The number of fused-ring (bicyclic) bond motifs is 2. The van der Waals surface area contributed by atoms with E-state index in [0.717, 1.165) is 18.3 Å². The number of carbonyl (C=O) groups is 1. The first-order chi connectivity index (χ1) is 19.4. The molecule has 41 heavy (non-hydrogen) atoms. The highest BCUT2D eigenvalue weighted by Crippen LogP contribution is 2.48. The number of pyridine rings is 1. The number of hydrogen-bond acceptors (Lipinski definition) is 9. The van der Waals surface area contributed by atoms with Crippen LogP contribution in [0.15, 0.2) is 35.5 Å². The van der Waals surface area contributed by atoms with Crippen LogP contribution in [0, 0.1) is 29.1 Å². The molecule has 1 amide bonds. The van der Waals surface area contributed by atoms with Crippen LogP contribution >= 0.6 is 0 Å². The van der Waals surface area contributed by atoms with E-state index in [1.54, 1.807) is 23.0 Å². The van der Waals surface area contributed by atoms with Gasteiger partial charge in [-0.3, -0.25) is 4.79 Å². The van der Waals surface area contributed by atoms with E-state index < -0.39 is 15.9 Å². The van der Waals surface area contributed by atoms with Gasteiger partial charge in [0.2, 0.25) is 5.88 Å². The Morgan fingerprint density at radius 2 is 2.02 bits per heavy atom. The van der Waals surface area contributed by atoms with Crippen molar-refractivity contribution in [3.63, 3.8) is 0 Å². The fourth-order valence-corrected chi connectivity index (χ4v) is 8.08. The van der Waals surface area contributed by atoms with Crippen LogP contribution < -0.4 is 19.7 Å². The summed E-state index contributed by atoms with van der Waals surface area (Å²) in [5, 5.41) is 15.1. The van der Waals surface area contributed by atoms with Crippen molar-refractivity contribution in [2.75, 3.05) is 25.1 Å². The highest BCUT2D eigenvalue weighted by atomic mass is 32.2. The largest absolute Gasteiger partial charge is 0.476 e. The lowest BCUT2D eigenvalue weighted by Gasteiger charge is -2.34. The highest BCUT2D eigenvalue weighted by molar-refractivity contribution is 7.94. The van der Waals surface area contributed by atoms with Crippen molar-refractivity contribution in [2.24, 2.45) is 23.7 Å². The molecule has 5 rings (SSSR count). The molecule has 2 aromatic rings. The molecule has 1 aliphatic heterocycles. The molecule has 2 saturated carbocycles. The molecule has 3 heterocycles. The maximum absolute atomic E-state index is 13.5. The van der Waals surface area contributed by atoms with Crippen LogP contribution in [0.25, 0.3) is 5.82 Å². The zero-order valence-corrected chi connectivity index (χ0v) is 25.3. The van der Waals surface area contributed by atoms with Gasteiger partial charge in [0.1, 0.15) is 10.7 Å². The third-order valence-electron chi connectivity index (χ3n) is 8.72. The number of nitrogens with zero attached hydrogens (tertiary/aromatic N) is 4. The van der Waals surface area contributed by atoms with Crippen LogP contribution in [-0.4, -0.2) is 60.5 Å². The molecule has 2 aromatic heterocycles. The SMILES string of the molecule is CN/C=C(\C(C)=N)S(=O)(=O)NC(=O)c1ccc(-n2ccc(OCC3C[C@@H]4CC[C@H]3C4)n2)nc1N1C[C@@H](C)CC1(C)C. The van der Waals surface area contributed by atoms with Gasteiger partial charge in [-0.1, -0.05) is 13.3 Å². The van der Waals surface area contributed by atoms with E-state index in [0.29, 0.717) is 42.5 Å². The predicted molar refractivity (Wildman–Crippen MR) is 158 cm³/mol. The first-order valence-electron chi connectivity index (χ1n) is 14.4. The Bertz CT molecular complexity index is 1470. The fraction of sp³-hybridized carbons (Fsp3) is 0.586. The van der Waals surface area contributed by atoms with Gasteiger partial charge in [-0.25, -0.2) is 22.8 Å². The number of sulfonamides is 1. The fourth-order valence-electron chi connectivity index (χ4n) is 6.94. The molecule has 3 N–H and O–H groups in total. The number of nitrogens with one attached hydrogen (secondary N) is 3. The monoisotopic (exact) mass is 583 g/mol. The molecule has 2 aliphatic carbocycles. The number of anilines is 1. The molecule has 2 bridgehead atoms. The standard InChI is InChI=1S/C29H41N7O4S/c1-18-14-29(3,4)35(16-18)27-23(28(37)34-41(38,39)24(15-31-5)19(2)30)8-9-25(32-27)36-11-10-26(33-36)40-17-22-13-20-6-7-21(22)12-20/h8-11,15,18,20-22,30-31H,6-7,12-14,16-17H2,1-5H3,(H,34,37)/b24-15+,30-19?/t18-,20+,21-,22?/m0/s1. The Balaban J connectivity index is 1.42. The van der Waals surface area contributed by atoms with Crippen LogP contribution in [0.2, 0.25) is 0 Å². The Morgan fingerprint density at radius 1 is 1.24 bits per heavy atom. The average molecular weight is 584 g/mol. The van der Waals surface area contributed by atoms with E-state index >= 15 is 0 Å². The van der Waals surface area contributed by atoms with Crippen molar-refractivity contribution in [2.45, 2.75) is 65.3 Å². The second-order valence-corrected chi connectivity index (χ2v) is 14.1. The summed E-state index contributed by atoms with van der Waals surface area (Å²) in [4.78, 5) is 20.1. The summed E-state index contributed by atoms with van der Waals surface area (Å²) in [6.07, 6.45) is 9.09. The van der Waals surface area contributed by atoms with Gasteiger partial charge in [0.05, 0.1) is 17.9 Å². The van der Waals surface area contributed by atoms with Gasteiger partial charge in [-0.2, -0.15) is 0 Å². The van der Waals surface area contributed by atoms with Crippen molar-refractivity contribution in [3.05, 3.63) is 41.1 Å². The van der Waals surface area contributed by atoms with E-state index in [9.17, 15) is 13.2 Å². The minimum atomic E-state index is -4.29. The topological polar surface area (TPSA) is 142 Å². The van der Waals surface area contributed by atoms with Crippen molar-refractivity contribution in [1.29, 1.82) is 5.41 Å². The second kappa shape index (κ2) is 11.1. The maximum Gasteiger partial charge on any atom is 0.268 e. The number of amides is 1. The van der Waals surface area contributed by atoms with Gasteiger partial charge >= 0.3 is 0 Å². The summed E-state index contributed by atoms with van der Waals surface area (Å²) < 4.78 is 35.8. The number of hydrogen-bond donors (Lipinski definition) is 3. The average Bonchev–Trinajstić information content (AvgIpc) is 3.69. The van der Waals surface area contributed by atoms with Crippen molar-refractivity contribution in [3.8, 4) is 11.7 Å². The van der Waals surface area contributed by atoms with Gasteiger partial charge in [-0.05, 0) is 82.3 Å². The van der Waals surface area contributed by atoms with Crippen LogP contribution in [0.1, 0.15) is 70.2 Å². The quantitative estimate of drug-likeness (QED) is 0.358. The number of carbonyl (C=O) groups excluding carboxylic acids is 1. The van der Waals surface area contributed by atoms with E-state index in [4.69, 9.17) is 15.1 Å². The van der Waals surface area contributed by atoms with E-state index in [-0.39, 0.29) is 21.7 Å². The van der Waals surface area contributed by atoms with Gasteiger partial charge in [-0.15, -0.1) is 5.10 Å². The lowest BCUT2D eigenvalue weighted by Crippen LogP contribution is -2.41. The predicted octanol–water partition coefficient (Wildman–Crippen LogP) is 3.87. The number of rotatable bonds is 10. The molecule has 1 unspecified atom stereocenters. The molecule has 1 saturated heterocycles. The molecule has 4 atom stereocenters. The number of ether oxygens (including phenoxy) is 1. The van der Waals surface area contributed by atoms with Crippen LogP contribution in [-0.2, 0) is 10.0 Å². The molecule has 3 aliphatic rings. The molecule has 222 valence electrons. The smallest absolute Gasteiger partial charge is 0.268 e. The van der Waals surface area contributed by atoms with Crippen molar-refractivity contribution in [1.82, 2.24) is 24.8 Å². The molecular formula is C29H41N7O4S. The summed E-state index contributed by atoms with van der Waals surface area (Å²) in [6.45, 7) is 9.00.